The van der Waals surface area contributed by atoms with Gasteiger partial charge in [-0.25, -0.2) is 4.79 Å². The first kappa shape index (κ1) is 20.5. The van der Waals surface area contributed by atoms with E-state index in [4.69, 9.17) is 14.9 Å². The molecule has 4 N–H and O–H groups in total. The van der Waals surface area contributed by atoms with Crippen LogP contribution in [0.15, 0.2) is 18.2 Å². The number of esters is 1. The Morgan fingerprint density at radius 1 is 1.24 bits per heavy atom. The van der Waals surface area contributed by atoms with Gasteiger partial charge in [0.05, 0.1) is 6.10 Å². The molecular formula is C18H24O7. The normalized spacial score (nSPS) is 12.2. The Morgan fingerprint density at radius 3 is 2.60 bits per heavy atom. The lowest BCUT2D eigenvalue weighted by Gasteiger charge is -2.15. The van der Waals surface area contributed by atoms with E-state index in [9.17, 15) is 19.8 Å². The second-order valence-electron chi connectivity index (χ2n) is 5.70. The monoisotopic (exact) mass is 352 g/mol. The van der Waals surface area contributed by atoms with Crippen LogP contribution >= 0.6 is 0 Å². The molecule has 0 heterocycles. The highest BCUT2D eigenvalue weighted by Crippen LogP contribution is 2.29. The quantitative estimate of drug-likeness (QED) is 0.377. The van der Waals surface area contributed by atoms with Crippen molar-refractivity contribution in [3.63, 3.8) is 0 Å². The van der Waals surface area contributed by atoms with E-state index in [1.54, 1.807) is 19.1 Å². The summed E-state index contributed by atoms with van der Waals surface area (Å²) in [6.07, 6.45) is 4.67. The minimum absolute atomic E-state index is 0.00874. The van der Waals surface area contributed by atoms with Crippen molar-refractivity contribution in [3.8, 4) is 11.5 Å². The fourth-order valence-electron chi connectivity index (χ4n) is 2.25. The summed E-state index contributed by atoms with van der Waals surface area (Å²) < 4.78 is 5.26. The van der Waals surface area contributed by atoms with Gasteiger partial charge in [0.1, 0.15) is 17.1 Å². The summed E-state index contributed by atoms with van der Waals surface area (Å²) in [4.78, 5) is 22.8. The van der Waals surface area contributed by atoms with Crippen molar-refractivity contribution >= 4 is 18.0 Å². The molecule has 25 heavy (non-hydrogen) atoms. The molecule has 0 amide bonds. The number of carboxylic acids is 1. The van der Waals surface area contributed by atoms with Crippen molar-refractivity contribution in [2.45, 2.75) is 45.1 Å². The number of carbonyl (C=O) groups excluding carboxylic acids is 1. The van der Waals surface area contributed by atoms with Crippen molar-refractivity contribution in [1.29, 1.82) is 0 Å². The standard InChI is InChI=1S/C18H24O7/c1-12(6-5-8-16(22)23)25-18(24)17-13(7-3-2-4-9-19)10-14(20)11-15(17)21/h3,7,10-12,19-21H,2,4-6,8-9H2,1H3,(H,22,23)/b7-3+. The summed E-state index contributed by atoms with van der Waals surface area (Å²) in [7, 11) is 0. The molecule has 0 fully saturated rings. The number of phenolic OH excluding ortho intramolecular Hbond substituents is 2. The van der Waals surface area contributed by atoms with Crippen LogP contribution < -0.4 is 0 Å². The van der Waals surface area contributed by atoms with Crippen LogP contribution in [0.4, 0.5) is 0 Å². The van der Waals surface area contributed by atoms with Gasteiger partial charge in [0.2, 0.25) is 0 Å². The van der Waals surface area contributed by atoms with E-state index < -0.39 is 23.8 Å². The number of ether oxygens (including phenoxy) is 1. The van der Waals surface area contributed by atoms with Crippen LogP contribution in [0.25, 0.3) is 6.08 Å². The van der Waals surface area contributed by atoms with Crippen molar-refractivity contribution in [2.24, 2.45) is 0 Å². The molecule has 0 bridgehead atoms. The van der Waals surface area contributed by atoms with Crippen molar-refractivity contribution in [3.05, 3.63) is 29.3 Å². The first-order chi connectivity index (χ1) is 11.8. The summed E-state index contributed by atoms with van der Waals surface area (Å²) >= 11 is 0. The summed E-state index contributed by atoms with van der Waals surface area (Å²) in [5, 5.41) is 37.0. The maximum atomic E-state index is 12.3. The molecule has 0 aliphatic carbocycles. The zero-order valence-corrected chi connectivity index (χ0v) is 14.1. The molecule has 0 saturated carbocycles. The van der Waals surface area contributed by atoms with Crippen LogP contribution in [0.3, 0.4) is 0 Å². The van der Waals surface area contributed by atoms with Crippen molar-refractivity contribution in [1.82, 2.24) is 0 Å². The lowest BCUT2D eigenvalue weighted by molar-refractivity contribution is -0.137. The molecule has 1 aromatic carbocycles. The largest absolute Gasteiger partial charge is 0.508 e. The maximum Gasteiger partial charge on any atom is 0.342 e. The van der Waals surface area contributed by atoms with Gasteiger partial charge in [0, 0.05) is 19.1 Å². The first-order valence-electron chi connectivity index (χ1n) is 8.11. The molecular weight excluding hydrogens is 328 g/mol. The Labute approximate surface area is 146 Å². The van der Waals surface area contributed by atoms with Crippen LogP contribution in [0.1, 0.15) is 54.9 Å². The molecule has 7 nitrogen and oxygen atoms in total. The van der Waals surface area contributed by atoms with Gasteiger partial charge in [0.25, 0.3) is 0 Å². The number of carboxylic acid groups (broad SMARTS) is 1. The number of aliphatic hydroxyl groups excluding tert-OH is 1. The number of hydrogen-bond donors (Lipinski definition) is 4. The Bertz CT molecular complexity index is 622. The van der Waals surface area contributed by atoms with Crippen LogP contribution in [-0.4, -0.2) is 45.1 Å². The van der Waals surface area contributed by atoms with E-state index in [2.05, 4.69) is 0 Å². The molecule has 0 spiro atoms. The fourth-order valence-corrected chi connectivity index (χ4v) is 2.25. The molecule has 1 unspecified atom stereocenters. The topological polar surface area (TPSA) is 124 Å². The van der Waals surface area contributed by atoms with E-state index in [1.165, 1.54) is 6.07 Å². The predicted octanol–water partition coefficient (Wildman–Crippen LogP) is 2.68. The van der Waals surface area contributed by atoms with Crippen LogP contribution in [0, 0.1) is 0 Å². The summed E-state index contributed by atoms with van der Waals surface area (Å²) in [5.41, 5.74) is 0.237. The highest BCUT2D eigenvalue weighted by molar-refractivity contribution is 5.97. The molecule has 1 rings (SSSR count). The average Bonchev–Trinajstić information content (AvgIpc) is 2.50. The third-order valence-electron chi connectivity index (χ3n) is 3.47. The number of carbonyl (C=O) groups is 2. The number of unbranched alkanes of at least 4 members (excludes halogenated alkanes) is 1. The number of phenols is 2. The van der Waals surface area contributed by atoms with Crippen LogP contribution in [0.5, 0.6) is 11.5 Å². The Hall–Kier alpha value is -2.54. The van der Waals surface area contributed by atoms with Gasteiger partial charge in [0.15, 0.2) is 0 Å². The van der Waals surface area contributed by atoms with E-state index in [-0.39, 0.29) is 24.3 Å². The van der Waals surface area contributed by atoms with Gasteiger partial charge in [-0.05, 0) is 44.2 Å². The summed E-state index contributed by atoms with van der Waals surface area (Å²) in [5.74, 6) is -2.25. The fraction of sp³-hybridized carbons (Fsp3) is 0.444. The van der Waals surface area contributed by atoms with E-state index >= 15 is 0 Å². The van der Waals surface area contributed by atoms with E-state index in [0.717, 1.165) is 6.07 Å². The molecule has 0 saturated heterocycles. The van der Waals surface area contributed by atoms with Gasteiger partial charge in [-0.2, -0.15) is 0 Å². The third-order valence-corrected chi connectivity index (χ3v) is 3.47. The predicted molar refractivity (Wildman–Crippen MR) is 91.5 cm³/mol. The summed E-state index contributed by atoms with van der Waals surface area (Å²) in [6, 6.07) is 2.39. The van der Waals surface area contributed by atoms with Gasteiger partial charge in [-0.3, -0.25) is 4.79 Å². The lowest BCUT2D eigenvalue weighted by atomic mass is 10.0. The van der Waals surface area contributed by atoms with Gasteiger partial charge < -0.3 is 25.2 Å². The minimum Gasteiger partial charge on any atom is -0.508 e. The molecule has 0 aliphatic heterocycles. The Morgan fingerprint density at radius 2 is 1.96 bits per heavy atom. The smallest absolute Gasteiger partial charge is 0.342 e. The molecule has 1 aromatic rings. The number of benzene rings is 1. The number of hydrogen-bond acceptors (Lipinski definition) is 6. The maximum absolute atomic E-state index is 12.3. The second kappa shape index (κ2) is 10.4. The van der Waals surface area contributed by atoms with Gasteiger partial charge >= 0.3 is 11.9 Å². The van der Waals surface area contributed by atoms with Crippen molar-refractivity contribution < 1.29 is 34.8 Å². The van der Waals surface area contributed by atoms with E-state index in [0.29, 0.717) is 31.2 Å². The van der Waals surface area contributed by atoms with Crippen molar-refractivity contribution in [2.75, 3.05) is 6.61 Å². The van der Waals surface area contributed by atoms with Crippen LogP contribution in [-0.2, 0) is 9.53 Å². The SMILES string of the molecule is CC(CCCC(=O)O)OC(=O)c1c(O)cc(O)cc1/C=C/CCCO. The third kappa shape index (κ3) is 7.26. The highest BCUT2D eigenvalue weighted by atomic mass is 16.5. The Kier molecular flexibility index (Phi) is 8.49. The molecule has 0 aromatic heterocycles. The number of aromatic hydroxyl groups is 2. The molecule has 0 radical (unpaired) electrons. The second-order valence-corrected chi connectivity index (χ2v) is 5.70. The number of allylic oxidation sites excluding steroid dienone is 1. The molecule has 7 heteroatoms. The number of rotatable bonds is 10. The average molecular weight is 352 g/mol. The minimum atomic E-state index is -0.912. The van der Waals surface area contributed by atoms with Crippen LogP contribution in [0.2, 0.25) is 0 Å². The zero-order valence-electron chi connectivity index (χ0n) is 14.1. The lowest BCUT2D eigenvalue weighted by Crippen LogP contribution is -2.16. The van der Waals surface area contributed by atoms with Gasteiger partial charge in [-0.15, -0.1) is 0 Å². The molecule has 0 aliphatic rings. The Balaban J connectivity index is 2.85. The van der Waals surface area contributed by atoms with Gasteiger partial charge in [-0.1, -0.05) is 12.2 Å². The molecule has 1 atom stereocenters. The molecule has 138 valence electrons. The number of aliphatic hydroxyl groups is 1. The zero-order chi connectivity index (χ0) is 18.8. The highest BCUT2D eigenvalue weighted by Gasteiger charge is 2.20. The number of aliphatic carboxylic acids is 1. The van der Waals surface area contributed by atoms with E-state index in [1.807, 2.05) is 0 Å². The summed E-state index contributed by atoms with van der Waals surface area (Å²) in [6.45, 7) is 1.69. The first-order valence-corrected chi connectivity index (χ1v) is 8.11.